The van der Waals surface area contributed by atoms with Gasteiger partial charge in [-0.25, -0.2) is 8.78 Å². The number of halogens is 3. The fraction of sp³-hybridized carbons (Fsp3) is 0.400. The molecule has 6 heteroatoms. The first-order chi connectivity index (χ1) is 7.65. The minimum Gasteiger partial charge on any atom is -0.494 e. The zero-order valence-corrected chi connectivity index (χ0v) is 10.1. The van der Waals surface area contributed by atoms with Gasteiger partial charge in [-0.3, -0.25) is 4.98 Å². The maximum atomic E-state index is 12.6. The van der Waals surface area contributed by atoms with Gasteiger partial charge < -0.3 is 4.74 Å². The Morgan fingerprint density at radius 3 is 2.75 bits per heavy atom. The van der Waals surface area contributed by atoms with E-state index in [4.69, 9.17) is 10.00 Å². The van der Waals surface area contributed by atoms with Crippen molar-refractivity contribution in [2.45, 2.75) is 18.2 Å². The van der Waals surface area contributed by atoms with Crippen LogP contribution in [-0.2, 0) is 11.8 Å². The van der Waals surface area contributed by atoms with Crippen LogP contribution < -0.4 is 4.74 Å². The highest BCUT2D eigenvalue weighted by Gasteiger charge is 2.20. The van der Waals surface area contributed by atoms with Crippen molar-refractivity contribution >= 4 is 15.9 Å². The highest BCUT2D eigenvalue weighted by molar-refractivity contribution is 9.08. The molecule has 1 rings (SSSR count). The second-order valence-electron chi connectivity index (χ2n) is 2.95. The van der Waals surface area contributed by atoms with Gasteiger partial charge in [-0.2, -0.15) is 5.26 Å². The van der Waals surface area contributed by atoms with Crippen LogP contribution in [0.25, 0.3) is 0 Å². The monoisotopic (exact) mass is 290 g/mol. The lowest BCUT2D eigenvalue weighted by atomic mass is 10.1. The van der Waals surface area contributed by atoms with Crippen LogP contribution in [0.1, 0.15) is 23.2 Å². The summed E-state index contributed by atoms with van der Waals surface area (Å²) in [7, 11) is 1.31. The van der Waals surface area contributed by atoms with Gasteiger partial charge in [0.1, 0.15) is 5.69 Å². The Morgan fingerprint density at radius 2 is 2.31 bits per heavy atom. The largest absolute Gasteiger partial charge is 0.494 e. The highest BCUT2D eigenvalue weighted by Crippen LogP contribution is 2.33. The summed E-state index contributed by atoms with van der Waals surface area (Å²) < 4.78 is 30.2. The molecule has 1 aromatic rings. The zero-order chi connectivity index (χ0) is 12.1. The fourth-order valence-electron chi connectivity index (χ4n) is 1.35. The standard InChI is InChI=1S/C10H9BrF2N2O/c1-16-9-7(4-11)6(2-3-14)5-15-8(9)10(12)13/h5,10H,2,4H2,1H3. The van der Waals surface area contributed by atoms with Crippen LogP contribution in [0.2, 0.25) is 0 Å². The Labute approximate surface area is 100 Å². The van der Waals surface area contributed by atoms with Crippen LogP contribution in [0.15, 0.2) is 6.20 Å². The quantitative estimate of drug-likeness (QED) is 0.801. The molecule has 0 aromatic carbocycles. The number of pyridine rings is 1. The Morgan fingerprint density at radius 1 is 1.62 bits per heavy atom. The summed E-state index contributed by atoms with van der Waals surface area (Å²) in [5, 5.41) is 8.94. The Kier molecular flexibility index (Phi) is 4.62. The van der Waals surface area contributed by atoms with Crippen molar-refractivity contribution < 1.29 is 13.5 Å². The first-order valence-corrected chi connectivity index (χ1v) is 5.53. The van der Waals surface area contributed by atoms with Gasteiger partial charge in [0.2, 0.25) is 0 Å². The number of alkyl halides is 3. The van der Waals surface area contributed by atoms with E-state index in [1.54, 1.807) is 0 Å². The number of rotatable bonds is 4. The van der Waals surface area contributed by atoms with Gasteiger partial charge in [-0.15, -0.1) is 0 Å². The van der Waals surface area contributed by atoms with Gasteiger partial charge in [-0.05, 0) is 5.56 Å². The molecular weight excluding hydrogens is 282 g/mol. The molecular formula is C10H9BrF2N2O. The highest BCUT2D eigenvalue weighted by atomic mass is 79.9. The minimum absolute atomic E-state index is 0.0552. The molecule has 0 radical (unpaired) electrons. The molecule has 0 bridgehead atoms. The van der Waals surface area contributed by atoms with E-state index in [0.717, 1.165) is 0 Å². The van der Waals surface area contributed by atoms with Crippen molar-refractivity contribution in [2.75, 3.05) is 7.11 Å². The van der Waals surface area contributed by atoms with Gasteiger partial charge in [0.15, 0.2) is 5.75 Å². The van der Waals surface area contributed by atoms with E-state index in [-0.39, 0.29) is 12.2 Å². The van der Waals surface area contributed by atoms with E-state index < -0.39 is 12.1 Å². The average molecular weight is 291 g/mol. The summed E-state index contributed by atoms with van der Waals surface area (Å²) in [5.74, 6) is 0.0552. The number of nitriles is 1. The number of hydrogen-bond donors (Lipinski definition) is 0. The molecule has 0 aliphatic heterocycles. The molecule has 86 valence electrons. The van der Waals surface area contributed by atoms with Crippen molar-refractivity contribution in [2.24, 2.45) is 0 Å². The maximum Gasteiger partial charge on any atom is 0.284 e. The predicted octanol–water partition coefficient (Wildman–Crippen LogP) is 2.99. The van der Waals surface area contributed by atoms with Crippen molar-refractivity contribution in [1.82, 2.24) is 4.98 Å². The van der Waals surface area contributed by atoms with E-state index in [1.807, 2.05) is 6.07 Å². The van der Waals surface area contributed by atoms with Crippen LogP contribution in [0.5, 0.6) is 5.75 Å². The van der Waals surface area contributed by atoms with Crippen molar-refractivity contribution in [3.63, 3.8) is 0 Å². The summed E-state index contributed by atoms with van der Waals surface area (Å²) in [6, 6.07) is 1.95. The normalized spacial score (nSPS) is 10.2. The maximum absolute atomic E-state index is 12.6. The number of ether oxygens (including phenoxy) is 1. The van der Waals surface area contributed by atoms with Crippen molar-refractivity contribution in [3.8, 4) is 11.8 Å². The molecule has 0 fully saturated rings. The summed E-state index contributed by atoms with van der Waals surface area (Å²) in [5.41, 5.74) is 0.758. The number of hydrogen-bond acceptors (Lipinski definition) is 3. The van der Waals surface area contributed by atoms with E-state index in [9.17, 15) is 8.78 Å². The first-order valence-electron chi connectivity index (χ1n) is 4.41. The SMILES string of the molecule is COc1c(C(F)F)ncc(CC#N)c1CBr. The van der Waals surface area contributed by atoms with E-state index >= 15 is 0 Å². The zero-order valence-electron chi connectivity index (χ0n) is 8.51. The smallest absolute Gasteiger partial charge is 0.284 e. The predicted molar refractivity (Wildman–Crippen MR) is 57.7 cm³/mol. The van der Waals surface area contributed by atoms with E-state index in [1.165, 1.54) is 13.3 Å². The molecule has 0 atom stereocenters. The van der Waals surface area contributed by atoms with Crippen LogP contribution >= 0.6 is 15.9 Å². The Hall–Kier alpha value is -1.22. The average Bonchev–Trinajstić information content (AvgIpc) is 2.28. The molecule has 0 spiro atoms. The third-order valence-corrected chi connectivity index (χ3v) is 2.63. The van der Waals surface area contributed by atoms with Crippen molar-refractivity contribution in [3.05, 3.63) is 23.0 Å². The van der Waals surface area contributed by atoms with Gasteiger partial charge in [-0.1, -0.05) is 15.9 Å². The van der Waals surface area contributed by atoms with Crippen molar-refractivity contribution in [1.29, 1.82) is 5.26 Å². The molecule has 0 N–H and O–H groups in total. The van der Waals surface area contributed by atoms with Gasteiger partial charge in [0.25, 0.3) is 6.43 Å². The summed E-state index contributed by atoms with van der Waals surface area (Å²) in [6.45, 7) is 0. The summed E-state index contributed by atoms with van der Waals surface area (Å²) in [6.07, 6.45) is -1.28. The molecule has 0 unspecified atom stereocenters. The Bertz CT molecular complexity index is 418. The molecule has 16 heavy (non-hydrogen) atoms. The molecule has 0 amide bonds. The second-order valence-corrected chi connectivity index (χ2v) is 3.51. The summed E-state index contributed by atoms with van der Waals surface area (Å²) in [4.78, 5) is 3.63. The molecule has 0 aliphatic carbocycles. The van der Waals surface area contributed by atoms with Gasteiger partial charge in [0.05, 0.1) is 19.6 Å². The molecule has 1 heterocycles. The molecule has 0 saturated heterocycles. The minimum atomic E-state index is -2.69. The second kappa shape index (κ2) is 5.75. The van der Waals surface area contributed by atoms with Crippen LogP contribution in [0.3, 0.4) is 0 Å². The third kappa shape index (κ3) is 2.47. The lowest BCUT2D eigenvalue weighted by molar-refractivity contribution is 0.141. The number of methoxy groups -OCH3 is 1. The summed E-state index contributed by atoms with van der Waals surface area (Å²) >= 11 is 3.19. The topological polar surface area (TPSA) is 45.9 Å². The molecule has 0 aliphatic rings. The fourth-order valence-corrected chi connectivity index (χ4v) is 1.97. The number of nitrogens with zero attached hydrogens (tertiary/aromatic N) is 2. The van der Waals surface area contributed by atoms with E-state index in [2.05, 4.69) is 20.9 Å². The lowest BCUT2D eigenvalue weighted by Crippen LogP contribution is -2.03. The van der Waals surface area contributed by atoms with Crippen LogP contribution in [0.4, 0.5) is 8.78 Å². The van der Waals surface area contributed by atoms with Gasteiger partial charge in [0, 0.05) is 17.1 Å². The lowest BCUT2D eigenvalue weighted by Gasteiger charge is -2.13. The molecule has 0 saturated carbocycles. The van der Waals surface area contributed by atoms with Crippen LogP contribution in [-0.4, -0.2) is 12.1 Å². The molecule has 1 aromatic heterocycles. The third-order valence-electron chi connectivity index (χ3n) is 2.07. The Balaban J connectivity index is 3.35. The van der Waals surface area contributed by atoms with Crippen LogP contribution in [0, 0.1) is 11.3 Å². The van der Waals surface area contributed by atoms with E-state index in [0.29, 0.717) is 16.5 Å². The first kappa shape index (κ1) is 12.8. The molecule has 3 nitrogen and oxygen atoms in total. The van der Waals surface area contributed by atoms with Gasteiger partial charge >= 0.3 is 0 Å². The number of aromatic nitrogens is 1.